The normalized spacial score (nSPS) is 39.9. The third-order valence-corrected chi connectivity index (χ3v) is 6.01. The first-order valence-electron chi connectivity index (χ1n) is 8.97. The highest BCUT2D eigenvalue weighted by molar-refractivity contribution is 5.07. The van der Waals surface area contributed by atoms with Crippen LogP contribution in [-0.2, 0) is 0 Å². The number of nitrogens with one attached hydrogen (secondary N) is 1. The van der Waals surface area contributed by atoms with E-state index in [4.69, 9.17) is 0 Å². The molecule has 4 aliphatic rings. The van der Waals surface area contributed by atoms with Crippen molar-refractivity contribution in [1.29, 1.82) is 0 Å². The molecule has 0 aliphatic heterocycles. The SMILES string of the molecule is CCCNC(C=C(C)C)CC12CC3CC(CC(C3)C1)C2. The standard InChI is InChI=1S/C19H33N/c1-4-5-20-18(6-14(2)3)13-19-10-15-7-16(11-19)9-17(8-15)12-19/h6,15-18,20H,4-5,7-13H2,1-3H3. The van der Waals surface area contributed by atoms with E-state index in [0.717, 1.165) is 17.8 Å². The summed E-state index contributed by atoms with van der Waals surface area (Å²) in [6.45, 7) is 7.94. The smallest absolute Gasteiger partial charge is 0.0257 e. The van der Waals surface area contributed by atoms with Crippen molar-refractivity contribution in [1.82, 2.24) is 5.32 Å². The lowest BCUT2D eigenvalue weighted by Gasteiger charge is -2.57. The minimum Gasteiger partial charge on any atom is -0.311 e. The molecule has 0 radical (unpaired) electrons. The maximum absolute atomic E-state index is 3.80. The number of hydrogen-bond donors (Lipinski definition) is 1. The van der Waals surface area contributed by atoms with Gasteiger partial charge in [-0.25, -0.2) is 0 Å². The molecular weight excluding hydrogens is 242 g/mol. The van der Waals surface area contributed by atoms with Crippen LogP contribution in [0.15, 0.2) is 11.6 Å². The zero-order chi connectivity index (χ0) is 14.2. The van der Waals surface area contributed by atoms with Gasteiger partial charge in [0.2, 0.25) is 0 Å². The monoisotopic (exact) mass is 275 g/mol. The number of rotatable bonds is 6. The van der Waals surface area contributed by atoms with Crippen LogP contribution in [0.5, 0.6) is 0 Å². The van der Waals surface area contributed by atoms with E-state index < -0.39 is 0 Å². The van der Waals surface area contributed by atoms with Crippen LogP contribution in [0.1, 0.15) is 72.1 Å². The molecule has 1 unspecified atom stereocenters. The van der Waals surface area contributed by atoms with Crippen LogP contribution in [-0.4, -0.2) is 12.6 Å². The molecule has 0 amide bonds. The molecule has 0 heterocycles. The van der Waals surface area contributed by atoms with Gasteiger partial charge >= 0.3 is 0 Å². The summed E-state index contributed by atoms with van der Waals surface area (Å²) in [6.07, 6.45) is 14.5. The molecule has 4 bridgehead atoms. The van der Waals surface area contributed by atoms with Crippen molar-refractivity contribution in [2.75, 3.05) is 6.54 Å². The molecular formula is C19H33N. The Morgan fingerprint density at radius 2 is 1.65 bits per heavy atom. The van der Waals surface area contributed by atoms with E-state index in [1.54, 1.807) is 38.5 Å². The van der Waals surface area contributed by atoms with Gasteiger partial charge in [0.05, 0.1) is 0 Å². The van der Waals surface area contributed by atoms with Crippen molar-refractivity contribution in [3.05, 3.63) is 11.6 Å². The average Bonchev–Trinajstić information content (AvgIpc) is 2.33. The highest BCUT2D eigenvalue weighted by Gasteiger charge is 2.51. The third-order valence-electron chi connectivity index (χ3n) is 6.01. The first-order chi connectivity index (χ1) is 9.58. The predicted molar refractivity (Wildman–Crippen MR) is 86.7 cm³/mol. The lowest BCUT2D eigenvalue weighted by Crippen LogP contribution is -2.48. The summed E-state index contributed by atoms with van der Waals surface area (Å²) in [5, 5.41) is 3.80. The van der Waals surface area contributed by atoms with E-state index in [-0.39, 0.29) is 0 Å². The van der Waals surface area contributed by atoms with Gasteiger partial charge in [0.15, 0.2) is 0 Å². The van der Waals surface area contributed by atoms with E-state index in [2.05, 4.69) is 32.2 Å². The van der Waals surface area contributed by atoms with E-state index in [1.165, 1.54) is 25.0 Å². The highest BCUT2D eigenvalue weighted by Crippen LogP contribution is 2.61. The van der Waals surface area contributed by atoms with Crippen LogP contribution >= 0.6 is 0 Å². The lowest BCUT2D eigenvalue weighted by molar-refractivity contribution is -0.0599. The van der Waals surface area contributed by atoms with Gasteiger partial charge in [-0.1, -0.05) is 18.6 Å². The molecule has 1 nitrogen and oxygen atoms in total. The van der Waals surface area contributed by atoms with Gasteiger partial charge in [-0.3, -0.25) is 0 Å². The molecule has 0 spiro atoms. The zero-order valence-corrected chi connectivity index (χ0v) is 13.8. The summed E-state index contributed by atoms with van der Waals surface area (Å²) in [5.74, 6) is 3.25. The maximum Gasteiger partial charge on any atom is 0.0257 e. The molecule has 1 heteroatoms. The van der Waals surface area contributed by atoms with Gasteiger partial charge in [-0.15, -0.1) is 0 Å². The second-order valence-electron chi connectivity index (χ2n) is 8.43. The molecule has 0 saturated heterocycles. The summed E-state index contributed by atoms with van der Waals surface area (Å²) in [6, 6.07) is 0.621. The first-order valence-corrected chi connectivity index (χ1v) is 8.97. The van der Waals surface area contributed by atoms with Crippen molar-refractivity contribution in [3.8, 4) is 0 Å². The summed E-state index contributed by atoms with van der Waals surface area (Å²) in [7, 11) is 0. The first kappa shape index (κ1) is 14.6. The molecule has 1 atom stereocenters. The lowest BCUT2D eigenvalue weighted by atomic mass is 9.48. The summed E-state index contributed by atoms with van der Waals surface area (Å²) < 4.78 is 0. The molecule has 4 aliphatic carbocycles. The molecule has 4 saturated carbocycles. The Morgan fingerprint density at radius 3 is 2.10 bits per heavy atom. The van der Waals surface area contributed by atoms with Crippen LogP contribution < -0.4 is 5.32 Å². The molecule has 0 aromatic heterocycles. The minimum absolute atomic E-state index is 0.621. The number of hydrogen-bond acceptors (Lipinski definition) is 1. The van der Waals surface area contributed by atoms with Crippen LogP contribution in [0.25, 0.3) is 0 Å². The van der Waals surface area contributed by atoms with Gasteiger partial charge in [-0.2, -0.15) is 0 Å². The molecule has 0 aromatic rings. The van der Waals surface area contributed by atoms with Crippen LogP contribution in [0.3, 0.4) is 0 Å². The van der Waals surface area contributed by atoms with E-state index in [0.29, 0.717) is 11.5 Å². The molecule has 114 valence electrons. The van der Waals surface area contributed by atoms with Gasteiger partial charge < -0.3 is 5.32 Å². The second kappa shape index (κ2) is 5.83. The van der Waals surface area contributed by atoms with Crippen molar-refractivity contribution >= 4 is 0 Å². The van der Waals surface area contributed by atoms with E-state index >= 15 is 0 Å². The molecule has 20 heavy (non-hydrogen) atoms. The van der Waals surface area contributed by atoms with E-state index in [1.807, 2.05) is 0 Å². The Labute approximate surface area is 125 Å². The molecule has 4 rings (SSSR count). The fourth-order valence-electron chi connectivity index (χ4n) is 5.93. The van der Waals surface area contributed by atoms with Gasteiger partial charge in [0, 0.05) is 6.04 Å². The summed E-state index contributed by atoms with van der Waals surface area (Å²) in [4.78, 5) is 0. The summed E-state index contributed by atoms with van der Waals surface area (Å²) >= 11 is 0. The van der Waals surface area contributed by atoms with E-state index in [9.17, 15) is 0 Å². The average molecular weight is 275 g/mol. The Morgan fingerprint density at radius 1 is 1.10 bits per heavy atom. The van der Waals surface area contributed by atoms with Crippen molar-refractivity contribution in [3.63, 3.8) is 0 Å². The largest absolute Gasteiger partial charge is 0.311 e. The van der Waals surface area contributed by atoms with Crippen LogP contribution in [0.4, 0.5) is 0 Å². The van der Waals surface area contributed by atoms with Crippen molar-refractivity contribution in [2.45, 2.75) is 78.2 Å². The third kappa shape index (κ3) is 3.13. The fraction of sp³-hybridized carbons (Fsp3) is 0.895. The summed E-state index contributed by atoms with van der Waals surface area (Å²) in [5.41, 5.74) is 2.18. The maximum atomic E-state index is 3.80. The molecule has 0 aromatic carbocycles. The van der Waals surface area contributed by atoms with Gasteiger partial charge in [0.25, 0.3) is 0 Å². The fourth-order valence-corrected chi connectivity index (χ4v) is 5.93. The highest BCUT2D eigenvalue weighted by atomic mass is 14.9. The Bertz CT molecular complexity index is 329. The Kier molecular flexibility index (Phi) is 4.26. The minimum atomic E-state index is 0.621. The van der Waals surface area contributed by atoms with Gasteiger partial charge in [-0.05, 0) is 94.9 Å². The zero-order valence-electron chi connectivity index (χ0n) is 13.8. The van der Waals surface area contributed by atoms with Crippen molar-refractivity contribution in [2.24, 2.45) is 23.2 Å². The number of allylic oxidation sites excluding steroid dienone is 1. The molecule has 1 N–H and O–H groups in total. The Balaban J connectivity index is 1.69. The molecule has 4 fully saturated rings. The van der Waals surface area contributed by atoms with Gasteiger partial charge in [0.1, 0.15) is 0 Å². The topological polar surface area (TPSA) is 12.0 Å². The predicted octanol–water partition coefficient (Wildman–Crippen LogP) is 4.93. The van der Waals surface area contributed by atoms with Crippen molar-refractivity contribution < 1.29 is 0 Å². The Hall–Kier alpha value is -0.300. The van der Waals surface area contributed by atoms with Crippen LogP contribution in [0, 0.1) is 23.2 Å². The quantitative estimate of drug-likeness (QED) is 0.678. The van der Waals surface area contributed by atoms with Crippen LogP contribution in [0.2, 0.25) is 0 Å². The second-order valence-corrected chi connectivity index (χ2v) is 8.43.